The first-order valence-electron chi connectivity index (χ1n) is 4.83. The van der Waals surface area contributed by atoms with Crippen LogP contribution in [0.4, 0.5) is 5.69 Å². The van der Waals surface area contributed by atoms with Gasteiger partial charge < -0.3 is 10.0 Å². The molecule has 0 saturated heterocycles. The first-order chi connectivity index (χ1) is 7.38. The number of hydrogen-bond acceptors (Lipinski definition) is 4. The van der Waals surface area contributed by atoms with Crippen LogP contribution < -0.4 is 10.0 Å². The predicted octanol–water partition coefficient (Wildman–Crippen LogP) is 0.151. The molecule has 1 unspecified atom stereocenters. The molecule has 3 N–H and O–H groups in total. The third-order valence-corrected chi connectivity index (χ3v) is 3.44. The van der Waals surface area contributed by atoms with E-state index in [9.17, 15) is 8.42 Å². The normalized spacial score (nSPS) is 13.5. The van der Waals surface area contributed by atoms with Gasteiger partial charge in [-0.25, -0.2) is 13.6 Å². The summed E-state index contributed by atoms with van der Waals surface area (Å²) in [5.41, 5.74) is 0.492. The second kappa shape index (κ2) is 4.82. The lowest BCUT2D eigenvalue weighted by molar-refractivity contribution is 0.270. The maximum atomic E-state index is 11.4. The van der Waals surface area contributed by atoms with Gasteiger partial charge in [0, 0.05) is 13.1 Å². The molecule has 0 amide bonds. The minimum Gasteiger partial charge on any atom is -0.394 e. The van der Waals surface area contributed by atoms with E-state index in [1.165, 1.54) is 6.07 Å². The lowest BCUT2D eigenvalue weighted by Gasteiger charge is -2.26. The smallest absolute Gasteiger partial charge is 0.240 e. The Labute approximate surface area is 95.5 Å². The number of hydrogen-bond donors (Lipinski definition) is 2. The first-order valence-corrected chi connectivity index (χ1v) is 6.38. The molecule has 0 aliphatic carbocycles. The van der Waals surface area contributed by atoms with Crippen LogP contribution in [-0.4, -0.2) is 33.2 Å². The molecule has 1 aromatic carbocycles. The van der Waals surface area contributed by atoms with E-state index < -0.39 is 10.0 Å². The molecule has 1 rings (SSSR count). The minimum atomic E-state index is -3.74. The van der Waals surface area contributed by atoms with Crippen molar-refractivity contribution >= 4 is 15.7 Å². The number of likely N-dealkylation sites (N-methyl/N-ethyl adjacent to an activating group) is 1. The van der Waals surface area contributed by atoms with Crippen molar-refractivity contribution in [1.29, 1.82) is 0 Å². The highest BCUT2D eigenvalue weighted by Gasteiger charge is 2.18. The quantitative estimate of drug-likeness (QED) is 0.789. The van der Waals surface area contributed by atoms with E-state index in [-0.39, 0.29) is 17.5 Å². The maximum Gasteiger partial charge on any atom is 0.240 e. The molecule has 0 fully saturated rings. The van der Waals surface area contributed by atoms with Crippen molar-refractivity contribution < 1.29 is 13.5 Å². The van der Waals surface area contributed by atoms with Crippen molar-refractivity contribution in [2.24, 2.45) is 5.14 Å². The van der Waals surface area contributed by atoms with E-state index in [1.807, 2.05) is 0 Å². The highest BCUT2D eigenvalue weighted by Crippen LogP contribution is 2.24. The fourth-order valence-corrected chi connectivity index (χ4v) is 2.12. The van der Waals surface area contributed by atoms with Gasteiger partial charge in [-0.05, 0) is 19.1 Å². The molecule has 0 saturated carbocycles. The fourth-order valence-electron chi connectivity index (χ4n) is 1.35. The number of nitrogens with two attached hydrogens (primary N) is 1. The van der Waals surface area contributed by atoms with E-state index in [1.54, 1.807) is 37.1 Å². The Morgan fingerprint density at radius 1 is 1.44 bits per heavy atom. The van der Waals surface area contributed by atoms with Crippen molar-refractivity contribution in [3.63, 3.8) is 0 Å². The standard InChI is InChI=1S/C10H16N2O3S/c1-8(7-13)12(2)9-5-3-4-6-10(9)16(11,14)15/h3-6,8,13H,7H2,1-2H3,(H2,11,14,15). The van der Waals surface area contributed by atoms with E-state index in [4.69, 9.17) is 10.2 Å². The van der Waals surface area contributed by atoms with Crippen molar-refractivity contribution in [2.45, 2.75) is 17.9 Å². The van der Waals surface area contributed by atoms with Gasteiger partial charge in [-0.15, -0.1) is 0 Å². The van der Waals surface area contributed by atoms with Crippen molar-refractivity contribution in [3.8, 4) is 0 Å². The summed E-state index contributed by atoms with van der Waals surface area (Å²) in [7, 11) is -2.03. The lowest BCUT2D eigenvalue weighted by Crippen LogP contribution is -2.33. The van der Waals surface area contributed by atoms with Crippen molar-refractivity contribution in [2.75, 3.05) is 18.6 Å². The molecular formula is C10H16N2O3S. The average Bonchev–Trinajstić information content (AvgIpc) is 2.26. The molecule has 1 aromatic rings. The number of anilines is 1. The van der Waals surface area contributed by atoms with Gasteiger partial charge in [0.15, 0.2) is 0 Å². The molecule has 1 atom stereocenters. The summed E-state index contributed by atoms with van der Waals surface area (Å²) in [6, 6.07) is 6.27. The van der Waals surface area contributed by atoms with E-state index in [0.717, 1.165) is 0 Å². The molecule has 0 bridgehead atoms. The molecule has 0 aliphatic rings. The monoisotopic (exact) mass is 244 g/mol. The average molecular weight is 244 g/mol. The van der Waals surface area contributed by atoms with Crippen LogP contribution in [-0.2, 0) is 10.0 Å². The number of primary sulfonamides is 1. The summed E-state index contributed by atoms with van der Waals surface area (Å²) in [5, 5.41) is 14.2. The second-order valence-corrected chi connectivity index (χ2v) is 5.19. The highest BCUT2D eigenvalue weighted by atomic mass is 32.2. The lowest BCUT2D eigenvalue weighted by atomic mass is 10.2. The third kappa shape index (κ3) is 2.72. The van der Waals surface area contributed by atoms with Gasteiger partial charge >= 0.3 is 0 Å². The van der Waals surface area contributed by atoms with Crippen LogP contribution in [0.2, 0.25) is 0 Å². The molecule has 0 aliphatic heterocycles. The minimum absolute atomic E-state index is 0.0601. The van der Waals surface area contributed by atoms with Crippen LogP contribution in [0.1, 0.15) is 6.92 Å². The molecular weight excluding hydrogens is 228 g/mol. The molecule has 5 nitrogen and oxygen atoms in total. The predicted molar refractivity (Wildman–Crippen MR) is 62.8 cm³/mol. The van der Waals surface area contributed by atoms with Gasteiger partial charge in [-0.1, -0.05) is 12.1 Å². The number of nitrogens with zero attached hydrogens (tertiary/aromatic N) is 1. The summed E-state index contributed by atoms with van der Waals surface area (Å²) in [6.45, 7) is 1.73. The van der Waals surface area contributed by atoms with Gasteiger partial charge in [-0.3, -0.25) is 0 Å². The summed E-state index contributed by atoms with van der Waals surface area (Å²) in [4.78, 5) is 1.75. The maximum absolute atomic E-state index is 11.4. The van der Waals surface area contributed by atoms with Gasteiger partial charge in [0.2, 0.25) is 10.0 Å². The Kier molecular flexibility index (Phi) is 3.90. The van der Waals surface area contributed by atoms with Crippen molar-refractivity contribution in [1.82, 2.24) is 0 Å². The second-order valence-electron chi connectivity index (χ2n) is 3.66. The largest absolute Gasteiger partial charge is 0.394 e. The zero-order valence-electron chi connectivity index (χ0n) is 9.29. The first kappa shape index (κ1) is 13.0. The van der Waals surface area contributed by atoms with Gasteiger partial charge in [-0.2, -0.15) is 0 Å². The molecule has 90 valence electrons. The zero-order chi connectivity index (χ0) is 12.3. The number of aliphatic hydroxyl groups is 1. The highest BCUT2D eigenvalue weighted by molar-refractivity contribution is 7.89. The molecule has 16 heavy (non-hydrogen) atoms. The Hall–Kier alpha value is -1.11. The Morgan fingerprint density at radius 2 is 2.00 bits per heavy atom. The van der Waals surface area contributed by atoms with Crippen LogP contribution in [0.3, 0.4) is 0 Å². The number of sulfonamides is 1. The Morgan fingerprint density at radius 3 is 2.50 bits per heavy atom. The number of aliphatic hydroxyl groups excluding tert-OH is 1. The molecule has 0 spiro atoms. The van der Waals surface area contributed by atoms with Gasteiger partial charge in [0.05, 0.1) is 12.3 Å². The molecule has 0 heterocycles. The molecule has 0 radical (unpaired) electrons. The summed E-state index contributed by atoms with van der Waals surface area (Å²) >= 11 is 0. The Balaban J connectivity index is 3.24. The van der Waals surface area contributed by atoms with E-state index >= 15 is 0 Å². The van der Waals surface area contributed by atoms with Crippen molar-refractivity contribution in [3.05, 3.63) is 24.3 Å². The number of rotatable bonds is 4. The summed E-state index contributed by atoms with van der Waals surface area (Å²) in [5.74, 6) is 0. The summed E-state index contributed by atoms with van der Waals surface area (Å²) < 4.78 is 22.7. The van der Waals surface area contributed by atoms with Crippen LogP contribution >= 0.6 is 0 Å². The zero-order valence-corrected chi connectivity index (χ0v) is 10.1. The molecule has 0 aromatic heterocycles. The topological polar surface area (TPSA) is 83.6 Å². The van der Waals surface area contributed by atoms with Crippen LogP contribution in [0.15, 0.2) is 29.2 Å². The van der Waals surface area contributed by atoms with Crippen LogP contribution in [0, 0.1) is 0 Å². The fraction of sp³-hybridized carbons (Fsp3) is 0.400. The van der Waals surface area contributed by atoms with E-state index in [2.05, 4.69) is 0 Å². The van der Waals surface area contributed by atoms with Crippen LogP contribution in [0.5, 0.6) is 0 Å². The number of para-hydroxylation sites is 1. The number of benzene rings is 1. The molecule has 6 heteroatoms. The third-order valence-electron chi connectivity index (χ3n) is 2.48. The summed E-state index contributed by atoms with van der Waals surface area (Å²) in [6.07, 6.45) is 0. The Bertz CT molecular complexity index is 459. The van der Waals surface area contributed by atoms with E-state index in [0.29, 0.717) is 5.69 Å². The SMILES string of the molecule is CC(CO)N(C)c1ccccc1S(N)(=O)=O. The van der Waals surface area contributed by atoms with Gasteiger partial charge in [0.25, 0.3) is 0 Å². The van der Waals surface area contributed by atoms with Gasteiger partial charge in [0.1, 0.15) is 4.90 Å². The van der Waals surface area contributed by atoms with Crippen LogP contribution in [0.25, 0.3) is 0 Å².